The molecule has 78 heavy (non-hydrogen) atoms. The molecule has 28 nitrogen and oxygen atoms in total. The first-order valence-corrected chi connectivity index (χ1v) is 25.5. The van der Waals surface area contributed by atoms with Gasteiger partial charge in [0.1, 0.15) is 79.4 Å². The fourth-order valence-electron chi connectivity index (χ4n) is 10.6. The third-order valence-electron chi connectivity index (χ3n) is 15.3. The van der Waals surface area contributed by atoms with E-state index in [9.17, 15) is 80.5 Å². The van der Waals surface area contributed by atoms with Gasteiger partial charge in [-0.15, -0.1) is 0 Å². The van der Waals surface area contributed by atoms with Crippen molar-refractivity contribution < 1.29 is 137 Å². The molecule has 4 fully saturated rings. The monoisotopic (exact) mass is 1120 g/mol. The number of carbonyl (C=O) groups excluding carboxylic acids is 4. The molecule has 0 aromatic rings. The molecule has 1 aliphatic carbocycles. The molecule has 6 aliphatic rings. The van der Waals surface area contributed by atoms with E-state index in [-0.39, 0.29) is 41.9 Å². The lowest BCUT2D eigenvalue weighted by atomic mass is 9.83. The topological polar surface area (TPSA) is 422 Å². The SMILES string of the molecule is C/C=C1/[C@H](O[C@@H]2O[C@H](CO)[C@@H](O)[C@H](O)[C@H]2O)OC=C(C(=O)OC)[C@H]1CC(=O)OC[C@@H]1[C@@H](C)[C@@H](OC(=O)C[C@@H]2C(C(=O)OC)=CO[C@@H](O[C@@H]3O[C@H](CO)[C@@H](O)[C@H](O)[C@H]3O)/C2=C/C)C[C@H]1[C@@H](C)CO[C@@H]1O[C@H](CO)[C@@H](O)[C@H](O)[C@H]1O. The van der Waals surface area contributed by atoms with Gasteiger partial charge in [-0.3, -0.25) is 9.59 Å². The Morgan fingerprint density at radius 2 is 1.03 bits per heavy atom. The highest BCUT2D eigenvalue weighted by atomic mass is 16.8. The Morgan fingerprint density at radius 1 is 0.615 bits per heavy atom. The van der Waals surface area contributed by atoms with Crippen molar-refractivity contribution in [2.24, 2.45) is 35.5 Å². The average Bonchev–Trinajstić information content (AvgIpc) is 3.78. The number of methoxy groups -OCH3 is 2. The van der Waals surface area contributed by atoms with Crippen LogP contribution in [-0.4, -0.2) is 243 Å². The fourth-order valence-corrected chi connectivity index (χ4v) is 10.6. The van der Waals surface area contributed by atoms with Crippen LogP contribution >= 0.6 is 0 Å². The van der Waals surface area contributed by atoms with Crippen molar-refractivity contribution in [2.75, 3.05) is 47.3 Å². The standard InChI is InChI=1S/C50H74O28/c1-7-21-24(27(44(65)67-5)17-71-46(21)77-49-42(63)39(60)36(57)31(13-52)75-49)10-33(54)69-16-26-20(4)29(9-23(26)19(3)15-70-48-41(62)38(59)35(56)30(12-51)74-48)73-34(55)11-25-22(8-2)47(72-18-28(25)45(66)68-6)78-50-43(64)40(61)37(58)32(14-53)76-50/h7-8,17-20,23-26,29-32,35-43,46-53,56-64H,9-16H2,1-6H3/b21-7+,22-8+/t19-,20+,23-,24-,25-,26+,29-,30+,31+,32+,35+,36+,37+,38-,39-,40-,41+,42+,43+,46-,47-,48+,49-,50-/m0/s1. The maximum Gasteiger partial charge on any atom is 0.337 e. The number of aliphatic hydroxyl groups is 12. The second-order valence-electron chi connectivity index (χ2n) is 20.0. The van der Waals surface area contributed by atoms with Crippen LogP contribution in [0.25, 0.3) is 0 Å². The summed E-state index contributed by atoms with van der Waals surface area (Å²) in [5, 5.41) is 123. The van der Waals surface area contributed by atoms with Gasteiger partial charge >= 0.3 is 23.9 Å². The Morgan fingerprint density at radius 3 is 1.44 bits per heavy atom. The molecule has 442 valence electrons. The first kappa shape index (κ1) is 62.9. The molecule has 0 amide bonds. The molecular weight excluding hydrogens is 1050 g/mol. The molecule has 1 saturated carbocycles. The van der Waals surface area contributed by atoms with Gasteiger partial charge in [-0.1, -0.05) is 26.0 Å². The van der Waals surface area contributed by atoms with E-state index in [0.717, 1.165) is 26.7 Å². The molecule has 0 unspecified atom stereocenters. The highest BCUT2D eigenvalue weighted by Gasteiger charge is 2.51. The lowest BCUT2D eigenvalue weighted by Crippen LogP contribution is -2.60. The minimum atomic E-state index is -1.82. The van der Waals surface area contributed by atoms with Gasteiger partial charge in [0.05, 0.1) is 83.8 Å². The van der Waals surface area contributed by atoms with Crippen molar-refractivity contribution in [3.05, 3.63) is 47.0 Å². The summed E-state index contributed by atoms with van der Waals surface area (Å²) in [4.78, 5) is 54.4. The quantitative estimate of drug-likeness (QED) is 0.0311. The van der Waals surface area contributed by atoms with Gasteiger partial charge in [-0.25, -0.2) is 9.59 Å². The lowest BCUT2D eigenvalue weighted by molar-refractivity contribution is -0.327. The number of hydrogen-bond acceptors (Lipinski definition) is 28. The van der Waals surface area contributed by atoms with Gasteiger partial charge in [-0.2, -0.15) is 0 Å². The van der Waals surface area contributed by atoms with Crippen molar-refractivity contribution in [1.82, 2.24) is 0 Å². The third kappa shape index (κ3) is 13.7. The van der Waals surface area contributed by atoms with Crippen LogP contribution in [0.15, 0.2) is 47.0 Å². The summed E-state index contributed by atoms with van der Waals surface area (Å²) in [5.74, 6) is -7.95. The van der Waals surface area contributed by atoms with Gasteiger partial charge in [0.15, 0.2) is 18.9 Å². The van der Waals surface area contributed by atoms with Crippen LogP contribution in [0.2, 0.25) is 0 Å². The first-order chi connectivity index (χ1) is 37.1. The third-order valence-corrected chi connectivity index (χ3v) is 15.3. The first-order valence-electron chi connectivity index (χ1n) is 25.5. The Kier molecular flexibility index (Phi) is 22.5. The number of rotatable bonds is 20. The molecule has 5 aliphatic heterocycles. The van der Waals surface area contributed by atoms with Gasteiger partial charge in [0.25, 0.3) is 0 Å². The van der Waals surface area contributed by atoms with E-state index < -0.39 is 203 Å². The Labute approximate surface area is 447 Å². The van der Waals surface area contributed by atoms with Crippen LogP contribution in [0.4, 0.5) is 0 Å². The Balaban J connectivity index is 1.20. The number of allylic oxidation sites excluding steroid dienone is 2. The molecule has 24 atom stereocenters. The molecule has 6 rings (SSSR count). The molecule has 0 aromatic carbocycles. The molecule has 0 bridgehead atoms. The normalized spacial score (nSPS) is 41.4. The molecule has 3 saturated heterocycles. The van der Waals surface area contributed by atoms with E-state index in [1.807, 2.05) is 0 Å². The van der Waals surface area contributed by atoms with Gasteiger partial charge < -0.3 is 118 Å². The smallest absolute Gasteiger partial charge is 0.337 e. The minimum absolute atomic E-state index is 0.121. The number of ether oxygens (including phenoxy) is 12. The second-order valence-corrected chi connectivity index (χ2v) is 20.0. The summed E-state index contributed by atoms with van der Waals surface area (Å²) in [7, 11) is 2.21. The molecule has 0 aromatic heterocycles. The Hall–Kier alpha value is -4.28. The fraction of sp³-hybridized carbons (Fsp3) is 0.760. The largest absolute Gasteiger partial charge is 0.468 e. The van der Waals surface area contributed by atoms with Crippen molar-refractivity contribution in [3.8, 4) is 0 Å². The predicted octanol–water partition coefficient (Wildman–Crippen LogP) is -4.47. The number of hydrogen-bond donors (Lipinski definition) is 12. The Bertz CT molecular complexity index is 2160. The number of aliphatic hydroxyl groups excluding tert-OH is 12. The summed E-state index contributed by atoms with van der Waals surface area (Å²) in [6.07, 6.45) is -24.3. The van der Waals surface area contributed by atoms with Gasteiger partial charge in [0.2, 0.25) is 12.6 Å². The van der Waals surface area contributed by atoms with Crippen molar-refractivity contribution >= 4 is 23.9 Å². The van der Waals surface area contributed by atoms with Crippen LogP contribution in [-0.2, 0) is 76.0 Å². The molecule has 0 spiro atoms. The van der Waals surface area contributed by atoms with Crippen molar-refractivity contribution in [1.29, 1.82) is 0 Å². The van der Waals surface area contributed by atoms with Crippen LogP contribution in [0, 0.1) is 35.5 Å². The van der Waals surface area contributed by atoms with E-state index in [4.69, 9.17) is 56.8 Å². The zero-order valence-electron chi connectivity index (χ0n) is 43.7. The summed E-state index contributed by atoms with van der Waals surface area (Å²) in [6, 6.07) is 0. The van der Waals surface area contributed by atoms with E-state index in [1.54, 1.807) is 27.7 Å². The lowest BCUT2D eigenvalue weighted by Gasteiger charge is -2.42. The average molecular weight is 1120 g/mol. The zero-order chi connectivity index (χ0) is 57.4. The van der Waals surface area contributed by atoms with Crippen LogP contribution in [0.5, 0.6) is 0 Å². The van der Waals surface area contributed by atoms with E-state index >= 15 is 0 Å². The van der Waals surface area contributed by atoms with Crippen LogP contribution < -0.4 is 0 Å². The molecular formula is C50H74O28. The summed E-state index contributed by atoms with van der Waals surface area (Å²) < 4.78 is 67.6. The van der Waals surface area contributed by atoms with Crippen molar-refractivity contribution in [3.63, 3.8) is 0 Å². The maximum atomic E-state index is 14.2. The summed E-state index contributed by atoms with van der Waals surface area (Å²) >= 11 is 0. The van der Waals surface area contributed by atoms with Crippen LogP contribution in [0.1, 0.15) is 47.0 Å². The molecule has 5 heterocycles. The van der Waals surface area contributed by atoms with E-state index in [2.05, 4.69) is 0 Å². The predicted molar refractivity (Wildman–Crippen MR) is 254 cm³/mol. The highest BCUT2D eigenvalue weighted by Crippen LogP contribution is 2.45. The van der Waals surface area contributed by atoms with E-state index in [1.165, 1.54) is 12.2 Å². The molecule has 12 N–H and O–H groups in total. The molecule has 0 radical (unpaired) electrons. The second kappa shape index (κ2) is 27.9. The highest BCUT2D eigenvalue weighted by molar-refractivity contribution is 5.91. The summed E-state index contributed by atoms with van der Waals surface area (Å²) in [5.41, 5.74) is 0.0691. The maximum absolute atomic E-state index is 14.2. The minimum Gasteiger partial charge on any atom is -0.468 e. The van der Waals surface area contributed by atoms with E-state index in [0.29, 0.717) is 0 Å². The number of carbonyl (C=O) groups is 4. The number of esters is 4. The van der Waals surface area contributed by atoms with Crippen molar-refractivity contribution in [2.45, 2.75) is 158 Å². The zero-order valence-corrected chi connectivity index (χ0v) is 43.7. The van der Waals surface area contributed by atoms with Crippen LogP contribution in [0.3, 0.4) is 0 Å². The molecule has 28 heteroatoms. The summed E-state index contributed by atoms with van der Waals surface area (Å²) in [6.45, 7) is 3.89. The van der Waals surface area contributed by atoms with Gasteiger partial charge in [0, 0.05) is 28.9 Å². The van der Waals surface area contributed by atoms with Gasteiger partial charge in [-0.05, 0) is 38.0 Å².